The lowest BCUT2D eigenvalue weighted by atomic mass is 10.1. The molecule has 0 amide bonds. The molecular formula is C15H23NO5S2. The van der Waals surface area contributed by atoms with Crippen molar-refractivity contribution in [1.29, 1.82) is 0 Å². The summed E-state index contributed by atoms with van der Waals surface area (Å²) in [5.41, 5.74) is 1.40. The number of methoxy groups -OCH3 is 2. The van der Waals surface area contributed by atoms with E-state index in [0.29, 0.717) is 17.7 Å². The maximum absolute atomic E-state index is 11.6. The normalized spacial score (nSPS) is 11.5. The number of ether oxygens (including phenoxy) is 2. The van der Waals surface area contributed by atoms with Crippen molar-refractivity contribution in [2.45, 2.75) is 12.2 Å². The van der Waals surface area contributed by atoms with Crippen molar-refractivity contribution >= 4 is 27.8 Å². The Labute approximate surface area is 142 Å². The molecule has 0 aliphatic rings. The van der Waals surface area contributed by atoms with Crippen LogP contribution in [0.1, 0.15) is 22.3 Å². The standard InChI is InChI=1S/C15H23NO5S2/c1-16(2)23(18,19)9-5-8-22-11-12-6-7-13(15(17)21-4)14(10-12)20-3/h6-7,10H,5,8-9,11H2,1-4H3. The highest BCUT2D eigenvalue weighted by atomic mass is 32.2. The number of hydrogen-bond donors (Lipinski definition) is 0. The maximum atomic E-state index is 11.6. The highest BCUT2D eigenvalue weighted by Gasteiger charge is 2.14. The Bertz CT molecular complexity index is 629. The van der Waals surface area contributed by atoms with Gasteiger partial charge in [0.1, 0.15) is 11.3 Å². The molecular weight excluding hydrogens is 338 g/mol. The van der Waals surface area contributed by atoms with Crippen LogP contribution in [0.3, 0.4) is 0 Å². The minimum Gasteiger partial charge on any atom is -0.496 e. The van der Waals surface area contributed by atoms with E-state index in [-0.39, 0.29) is 5.75 Å². The predicted octanol–water partition coefficient (Wildman–Crippen LogP) is 2.00. The maximum Gasteiger partial charge on any atom is 0.341 e. The van der Waals surface area contributed by atoms with Crippen LogP contribution in [0.2, 0.25) is 0 Å². The van der Waals surface area contributed by atoms with Crippen molar-refractivity contribution < 1.29 is 22.7 Å². The van der Waals surface area contributed by atoms with Gasteiger partial charge in [-0.15, -0.1) is 0 Å². The molecule has 6 nitrogen and oxygen atoms in total. The summed E-state index contributed by atoms with van der Waals surface area (Å²) in [4.78, 5) is 11.6. The van der Waals surface area contributed by atoms with E-state index in [1.807, 2.05) is 6.07 Å². The molecule has 0 aliphatic carbocycles. The van der Waals surface area contributed by atoms with Crippen LogP contribution in [-0.4, -0.2) is 58.5 Å². The van der Waals surface area contributed by atoms with Crippen LogP contribution >= 0.6 is 11.8 Å². The molecule has 1 aromatic carbocycles. The fourth-order valence-electron chi connectivity index (χ4n) is 1.82. The molecule has 0 aliphatic heterocycles. The molecule has 0 N–H and O–H groups in total. The molecule has 0 unspecified atom stereocenters. The van der Waals surface area contributed by atoms with Gasteiger partial charge in [0, 0.05) is 19.8 Å². The number of hydrogen-bond acceptors (Lipinski definition) is 6. The van der Waals surface area contributed by atoms with Crippen molar-refractivity contribution in [3.8, 4) is 5.75 Å². The van der Waals surface area contributed by atoms with Gasteiger partial charge >= 0.3 is 5.97 Å². The second-order valence-corrected chi connectivity index (χ2v) is 8.44. The Morgan fingerprint density at radius 2 is 1.96 bits per heavy atom. The Balaban J connectivity index is 2.51. The van der Waals surface area contributed by atoms with E-state index in [1.54, 1.807) is 23.9 Å². The Hall–Kier alpha value is -1.25. The van der Waals surface area contributed by atoms with E-state index in [1.165, 1.54) is 32.6 Å². The van der Waals surface area contributed by atoms with Gasteiger partial charge in [0.25, 0.3) is 0 Å². The summed E-state index contributed by atoms with van der Waals surface area (Å²) >= 11 is 1.64. The van der Waals surface area contributed by atoms with Crippen molar-refractivity contribution in [3.63, 3.8) is 0 Å². The molecule has 1 aromatic rings. The Morgan fingerprint density at radius 1 is 1.26 bits per heavy atom. The van der Waals surface area contributed by atoms with Gasteiger partial charge < -0.3 is 9.47 Å². The molecule has 0 spiro atoms. The fraction of sp³-hybridized carbons (Fsp3) is 0.533. The zero-order valence-corrected chi connectivity index (χ0v) is 15.5. The lowest BCUT2D eigenvalue weighted by Gasteiger charge is -2.11. The van der Waals surface area contributed by atoms with Gasteiger partial charge in [0.15, 0.2) is 0 Å². The molecule has 0 atom stereocenters. The summed E-state index contributed by atoms with van der Waals surface area (Å²) in [7, 11) is 2.79. The molecule has 130 valence electrons. The fourth-order valence-corrected chi connectivity index (χ4v) is 3.79. The highest BCUT2D eigenvalue weighted by molar-refractivity contribution is 7.98. The molecule has 23 heavy (non-hydrogen) atoms. The van der Waals surface area contributed by atoms with E-state index < -0.39 is 16.0 Å². The van der Waals surface area contributed by atoms with Crippen LogP contribution in [0, 0.1) is 0 Å². The summed E-state index contributed by atoms with van der Waals surface area (Å²) < 4.78 is 34.4. The zero-order valence-electron chi connectivity index (χ0n) is 13.9. The monoisotopic (exact) mass is 361 g/mol. The van der Waals surface area contributed by atoms with Crippen molar-refractivity contribution in [2.24, 2.45) is 0 Å². The van der Waals surface area contributed by atoms with E-state index in [2.05, 4.69) is 0 Å². The number of esters is 1. The van der Waals surface area contributed by atoms with Crippen LogP contribution in [0.15, 0.2) is 18.2 Å². The molecule has 8 heteroatoms. The lowest BCUT2D eigenvalue weighted by molar-refractivity contribution is 0.0597. The predicted molar refractivity (Wildman–Crippen MR) is 92.6 cm³/mol. The van der Waals surface area contributed by atoms with Gasteiger partial charge in [0.05, 0.1) is 20.0 Å². The molecule has 0 saturated carbocycles. The number of benzene rings is 1. The number of sulfonamides is 1. The molecule has 1 rings (SSSR count). The van der Waals surface area contributed by atoms with Gasteiger partial charge in [0.2, 0.25) is 10.0 Å². The van der Waals surface area contributed by atoms with Crippen molar-refractivity contribution in [3.05, 3.63) is 29.3 Å². The second-order valence-electron chi connectivity index (χ2n) is 5.03. The SMILES string of the molecule is COC(=O)c1ccc(CSCCCS(=O)(=O)N(C)C)cc1OC. The molecule has 0 fully saturated rings. The summed E-state index contributed by atoms with van der Waals surface area (Å²) in [6.45, 7) is 0. The summed E-state index contributed by atoms with van der Waals surface area (Å²) in [6, 6.07) is 5.32. The zero-order chi connectivity index (χ0) is 17.5. The first-order valence-corrected chi connectivity index (χ1v) is 9.81. The number of rotatable bonds is 9. The lowest BCUT2D eigenvalue weighted by Crippen LogP contribution is -2.25. The quantitative estimate of drug-likeness (QED) is 0.495. The molecule has 0 aromatic heterocycles. The summed E-state index contributed by atoms with van der Waals surface area (Å²) in [5.74, 6) is 1.66. The van der Waals surface area contributed by atoms with E-state index in [0.717, 1.165) is 17.1 Å². The molecule has 0 saturated heterocycles. The van der Waals surface area contributed by atoms with E-state index >= 15 is 0 Å². The first kappa shape index (κ1) is 19.8. The third kappa shape index (κ3) is 6.04. The number of nitrogens with zero attached hydrogens (tertiary/aromatic N) is 1. The first-order chi connectivity index (χ1) is 10.8. The third-order valence-electron chi connectivity index (χ3n) is 3.19. The van der Waals surface area contributed by atoms with Gasteiger partial charge in [-0.25, -0.2) is 17.5 Å². The topological polar surface area (TPSA) is 72.9 Å². The Kier molecular flexibility index (Phi) is 7.87. The van der Waals surface area contributed by atoms with Gasteiger partial charge in [-0.1, -0.05) is 6.07 Å². The first-order valence-electron chi connectivity index (χ1n) is 7.05. The van der Waals surface area contributed by atoms with Crippen LogP contribution in [0.4, 0.5) is 0 Å². The van der Waals surface area contributed by atoms with E-state index in [9.17, 15) is 13.2 Å². The van der Waals surface area contributed by atoms with Gasteiger partial charge in [-0.3, -0.25) is 0 Å². The largest absolute Gasteiger partial charge is 0.496 e. The summed E-state index contributed by atoms with van der Waals surface area (Å²) in [5, 5.41) is 0. The minimum atomic E-state index is -3.12. The molecule has 0 bridgehead atoms. The van der Waals surface area contributed by atoms with Crippen molar-refractivity contribution in [2.75, 3.05) is 39.8 Å². The third-order valence-corrected chi connectivity index (χ3v) is 6.22. The van der Waals surface area contributed by atoms with E-state index in [4.69, 9.17) is 9.47 Å². The van der Waals surface area contributed by atoms with Gasteiger partial charge in [-0.2, -0.15) is 11.8 Å². The van der Waals surface area contributed by atoms with Crippen LogP contribution in [0.5, 0.6) is 5.75 Å². The second kappa shape index (κ2) is 9.14. The number of thioether (sulfide) groups is 1. The molecule has 0 heterocycles. The summed E-state index contributed by atoms with van der Waals surface area (Å²) in [6.07, 6.45) is 0.600. The number of carbonyl (C=O) groups is 1. The Morgan fingerprint density at radius 3 is 2.52 bits per heavy atom. The smallest absolute Gasteiger partial charge is 0.341 e. The van der Waals surface area contributed by atoms with Crippen LogP contribution in [-0.2, 0) is 20.5 Å². The average molecular weight is 361 g/mol. The van der Waals surface area contributed by atoms with Crippen LogP contribution < -0.4 is 4.74 Å². The molecule has 0 radical (unpaired) electrons. The minimum absolute atomic E-state index is 0.150. The van der Waals surface area contributed by atoms with Crippen LogP contribution in [0.25, 0.3) is 0 Å². The number of carbonyl (C=O) groups excluding carboxylic acids is 1. The van der Waals surface area contributed by atoms with Crippen molar-refractivity contribution in [1.82, 2.24) is 4.31 Å². The van der Waals surface area contributed by atoms with Gasteiger partial charge in [-0.05, 0) is 29.9 Å². The average Bonchev–Trinajstić information content (AvgIpc) is 2.53. The highest BCUT2D eigenvalue weighted by Crippen LogP contribution is 2.24.